The lowest BCUT2D eigenvalue weighted by Crippen LogP contribution is -2.45. The Morgan fingerprint density at radius 1 is 1.21 bits per heavy atom. The van der Waals surface area contributed by atoms with Gasteiger partial charge in [-0.15, -0.1) is 0 Å². The molecule has 19 heavy (non-hydrogen) atoms. The van der Waals surface area contributed by atoms with Crippen molar-refractivity contribution in [2.24, 2.45) is 5.73 Å². The number of hydrogen-bond donors (Lipinski definition) is 1. The van der Waals surface area contributed by atoms with Crippen LogP contribution >= 0.6 is 0 Å². The maximum atomic E-state index is 6.29. The molecule has 1 aromatic rings. The largest absolute Gasteiger partial charge is 0.338 e. The van der Waals surface area contributed by atoms with Crippen molar-refractivity contribution in [1.29, 1.82) is 0 Å². The van der Waals surface area contributed by atoms with Gasteiger partial charge in [-0.05, 0) is 44.2 Å². The molecular weight excluding hydrogens is 240 g/mol. The van der Waals surface area contributed by atoms with E-state index in [-0.39, 0.29) is 11.5 Å². The van der Waals surface area contributed by atoms with Crippen molar-refractivity contribution in [3.05, 3.63) is 5.89 Å². The molecule has 0 bridgehead atoms. The predicted molar refractivity (Wildman–Crippen MR) is 74.2 cm³/mol. The van der Waals surface area contributed by atoms with E-state index in [0.29, 0.717) is 0 Å². The quantitative estimate of drug-likeness (QED) is 0.887. The first-order chi connectivity index (χ1) is 9.20. The van der Waals surface area contributed by atoms with Crippen molar-refractivity contribution in [2.75, 3.05) is 18.0 Å². The monoisotopic (exact) mass is 264 g/mol. The predicted octanol–water partition coefficient (Wildman–Crippen LogP) is 2.22. The summed E-state index contributed by atoms with van der Waals surface area (Å²) in [5.74, 6) is 1.49. The molecule has 0 spiro atoms. The molecule has 3 rings (SSSR count). The average molecular weight is 264 g/mol. The summed E-state index contributed by atoms with van der Waals surface area (Å²) < 4.78 is 5.55. The SMILES string of the molecule is CC1(c2nc(N3CCCCC3)no2)CCCCC1N. The molecule has 1 saturated heterocycles. The molecule has 2 unspecified atom stereocenters. The van der Waals surface area contributed by atoms with E-state index in [1.54, 1.807) is 0 Å². The van der Waals surface area contributed by atoms with Crippen molar-refractivity contribution in [3.8, 4) is 0 Å². The minimum Gasteiger partial charge on any atom is -0.338 e. The fourth-order valence-corrected chi connectivity index (χ4v) is 3.30. The van der Waals surface area contributed by atoms with E-state index in [9.17, 15) is 0 Å². The van der Waals surface area contributed by atoms with Gasteiger partial charge in [0.05, 0.1) is 5.41 Å². The Morgan fingerprint density at radius 2 is 2.00 bits per heavy atom. The van der Waals surface area contributed by atoms with Gasteiger partial charge < -0.3 is 15.2 Å². The number of piperidine rings is 1. The summed E-state index contributed by atoms with van der Waals surface area (Å²) in [7, 11) is 0. The Labute approximate surface area is 114 Å². The molecule has 2 atom stereocenters. The second kappa shape index (κ2) is 5.12. The second-order valence-corrected chi connectivity index (χ2v) is 6.22. The van der Waals surface area contributed by atoms with Gasteiger partial charge in [-0.25, -0.2) is 0 Å². The van der Waals surface area contributed by atoms with Crippen LogP contribution in [0.2, 0.25) is 0 Å². The van der Waals surface area contributed by atoms with Gasteiger partial charge in [0, 0.05) is 19.1 Å². The highest BCUT2D eigenvalue weighted by molar-refractivity contribution is 5.29. The molecule has 5 nitrogen and oxygen atoms in total. The number of nitrogens with two attached hydrogens (primary N) is 1. The zero-order valence-electron chi connectivity index (χ0n) is 11.8. The molecule has 0 radical (unpaired) electrons. The Bertz CT molecular complexity index is 427. The van der Waals surface area contributed by atoms with Crippen LogP contribution in [0.15, 0.2) is 4.52 Å². The van der Waals surface area contributed by atoms with Crippen molar-refractivity contribution in [3.63, 3.8) is 0 Å². The van der Waals surface area contributed by atoms with Gasteiger partial charge in [0.2, 0.25) is 5.89 Å². The third kappa shape index (κ3) is 2.36. The van der Waals surface area contributed by atoms with E-state index in [1.807, 2.05) is 0 Å². The third-order valence-electron chi connectivity index (χ3n) is 4.82. The van der Waals surface area contributed by atoms with E-state index >= 15 is 0 Å². The van der Waals surface area contributed by atoms with Gasteiger partial charge in [0.1, 0.15) is 0 Å². The van der Waals surface area contributed by atoms with Crippen LogP contribution in [0.25, 0.3) is 0 Å². The normalized spacial score (nSPS) is 32.5. The maximum Gasteiger partial charge on any atom is 0.266 e. The number of aromatic nitrogens is 2. The highest BCUT2D eigenvalue weighted by Crippen LogP contribution is 2.38. The molecule has 5 heteroatoms. The molecule has 1 saturated carbocycles. The Kier molecular flexibility index (Phi) is 3.48. The summed E-state index contributed by atoms with van der Waals surface area (Å²) in [6.45, 7) is 4.26. The first kappa shape index (κ1) is 12.9. The summed E-state index contributed by atoms with van der Waals surface area (Å²) in [4.78, 5) is 6.88. The zero-order chi connectivity index (χ0) is 13.3. The molecule has 2 heterocycles. The Morgan fingerprint density at radius 3 is 2.74 bits per heavy atom. The number of anilines is 1. The molecular formula is C14H24N4O. The molecule has 1 aromatic heterocycles. The smallest absolute Gasteiger partial charge is 0.266 e. The van der Waals surface area contributed by atoms with Crippen molar-refractivity contribution < 1.29 is 4.52 Å². The Hall–Kier alpha value is -1.10. The number of hydrogen-bond acceptors (Lipinski definition) is 5. The molecule has 1 aliphatic heterocycles. The zero-order valence-corrected chi connectivity index (χ0v) is 11.8. The highest BCUT2D eigenvalue weighted by atomic mass is 16.5. The van der Waals surface area contributed by atoms with Crippen molar-refractivity contribution >= 4 is 5.95 Å². The van der Waals surface area contributed by atoms with Gasteiger partial charge in [-0.3, -0.25) is 0 Å². The first-order valence-corrected chi connectivity index (χ1v) is 7.55. The molecule has 106 valence electrons. The minimum atomic E-state index is -0.140. The van der Waals surface area contributed by atoms with Crippen LogP contribution in [0.3, 0.4) is 0 Å². The maximum absolute atomic E-state index is 6.29. The van der Waals surface area contributed by atoms with Crippen LogP contribution < -0.4 is 10.6 Å². The summed E-state index contributed by atoms with van der Waals surface area (Å²) in [6.07, 6.45) is 8.27. The van der Waals surface area contributed by atoms with Gasteiger partial charge in [0.15, 0.2) is 0 Å². The lowest BCUT2D eigenvalue weighted by Gasteiger charge is -2.36. The molecule has 2 aliphatic rings. The molecule has 0 aromatic carbocycles. The van der Waals surface area contributed by atoms with Crippen LogP contribution in [0.5, 0.6) is 0 Å². The fourth-order valence-electron chi connectivity index (χ4n) is 3.30. The summed E-state index contributed by atoms with van der Waals surface area (Å²) >= 11 is 0. The van der Waals surface area contributed by atoms with Crippen molar-refractivity contribution in [2.45, 2.75) is 63.3 Å². The van der Waals surface area contributed by atoms with Gasteiger partial charge in [0.25, 0.3) is 5.95 Å². The van der Waals surface area contributed by atoms with Gasteiger partial charge >= 0.3 is 0 Å². The minimum absolute atomic E-state index is 0.135. The second-order valence-electron chi connectivity index (χ2n) is 6.22. The topological polar surface area (TPSA) is 68.2 Å². The van der Waals surface area contributed by atoms with E-state index < -0.39 is 0 Å². The van der Waals surface area contributed by atoms with Crippen molar-refractivity contribution in [1.82, 2.24) is 10.1 Å². The Balaban J connectivity index is 1.79. The standard InChI is InChI=1S/C14H24N4O/c1-14(8-4-3-7-11(14)15)12-16-13(17-19-12)18-9-5-2-6-10-18/h11H,2-10,15H2,1H3. The van der Waals surface area contributed by atoms with Gasteiger partial charge in [-0.2, -0.15) is 4.98 Å². The molecule has 1 aliphatic carbocycles. The lowest BCUT2D eigenvalue weighted by molar-refractivity contribution is 0.203. The molecule has 0 amide bonds. The molecule has 2 fully saturated rings. The van der Waals surface area contributed by atoms with Crippen LogP contribution in [-0.4, -0.2) is 29.3 Å². The first-order valence-electron chi connectivity index (χ1n) is 7.55. The summed E-state index contributed by atoms with van der Waals surface area (Å²) in [6, 6.07) is 0.135. The third-order valence-corrected chi connectivity index (χ3v) is 4.82. The van der Waals surface area contributed by atoms with Gasteiger partial charge in [-0.1, -0.05) is 12.8 Å². The summed E-state index contributed by atoms with van der Waals surface area (Å²) in [5.41, 5.74) is 6.15. The van der Waals surface area contributed by atoms with Crippen LogP contribution in [0.4, 0.5) is 5.95 Å². The van der Waals surface area contributed by atoms with Crippen LogP contribution in [-0.2, 0) is 5.41 Å². The van der Waals surface area contributed by atoms with Crippen LogP contribution in [0.1, 0.15) is 57.8 Å². The highest BCUT2D eigenvalue weighted by Gasteiger charge is 2.41. The number of rotatable bonds is 2. The van der Waals surface area contributed by atoms with E-state index in [4.69, 9.17) is 10.3 Å². The lowest BCUT2D eigenvalue weighted by atomic mass is 9.72. The van der Waals surface area contributed by atoms with E-state index in [2.05, 4.69) is 22.0 Å². The van der Waals surface area contributed by atoms with Crippen LogP contribution in [0, 0.1) is 0 Å². The number of nitrogens with zero attached hydrogens (tertiary/aromatic N) is 3. The fraction of sp³-hybridized carbons (Fsp3) is 0.857. The van der Waals surface area contributed by atoms with E-state index in [0.717, 1.165) is 37.8 Å². The summed E-state index contributed by atoms with van der Waals surface area (Å²) in [5, 5.41) is 4.18. The average Bonchev–Trinajstić information content (AvgIpc) is 2.94. The molecule has 2 N–H and O–H groups in total. The van der Waals surface area contributed by atoms with E-state index in [1.165, 1.54) is 32.1 Å².